The summed E-state index contributed by atoms with van der Waals surface area (Å²) >= 11 is 0. The summed E-state index contributed by atoms with van der Waals surface area (Å²) in [5, 5.41) is 1.05. The van der Waals surface area contributed by atoms with Gasteiger partial charge in [0.05, 0.1) is 0 Å². The molecule has 1 heterocycles. The number of furan rings is 1. The lowest BCUT2D eigenvalue weighted by molar-refractivity contribution is 0.257. The van der Waals surface area contributed by atoms with Gasteiger partial charge in [0.25, 0.3) is 5.95 Å². The van der Waals surface area contributed by atoms with Crippen LogP contribution in [-0.2, 0) is 0 Å². The smallest absolute Gasteiger partial charge is 0.285 e. The van der Waals surface area contributed by atoms with Crippen molar-refractivity contribution in [1.82, 2.24) is 0 Å². The van der Waals surface area contributed by atoms with Crippen molar-refractivity contribution in [3.05, 3.63) is 30.3 Å². The van der Waals surface area contributed by atoms with Gasteiger partial charge in [0.2, 0.25) is 0 Å². The van der Waals surface area contributed by atoms with Crippen molar-refractivity contribution in [3.8, 4) is 5.95 Å². The normalized spacial score (nSPS) is 10.5. The summed E-state index contributed by atoms with van der Waals surface area (Å²) in [4.78, 5) is 0. The molecule has 13 heavy (non-hydrogen) atoms. The lowest BCUT2D eigenvalue weighted by atomic mass is 10.3. The van der Waals surface area contributed by atoms with Gasteiger partial charge in [-0.15, -0.1) is 0 Å². The number of para-hydroxylation sites is 1. The minimum Gasteiger partial charge on any atom is -0.464 e. The lowest BCUT2D eigenvalue weighted by Crippen LogP contribution is -2.09. The summed E-state index contributed by atoms with van der Waals surface area (Å²) in [5.41, 5.74) is 6.15. The summed E-state index contributed by atoms with van der Waals surface area (Å²) in [7, 11) is 0. The Morgan fingerprint density at radius 1 is 1.31 bits per heavy atom. The monoisotopic (exact) mass is 177 g/mol. The van der Waals surface area contributed by atoms with Crippen LogP contribution in [0, 0.1) is 0 Å². The Balaban J connectivity index is 2.28. The van der Waals surface area contributed by atoms with Gasteiger partial charge in [0, 0.05) is 18.0 Å². The molecule has 0 bridgehead atoms. The first-order valence-corrected chi connectivity index (χ1v) is 4.21. The molecule has 0 amide bonds. The number of hydrogen-bond donors (Lipinski definition) is 1. The van der Waals surface area contributed by atoms with Crippen LogP contribution in [0.4, 0.5) is 0 Å². The second kappa shape index (κ2) is 3.49. The van der Waals surface area contributed by atoms with Crippen LogP contribution in [0.3, 0.4) is 0 Å². The average Bonchev–Trinajstić information content (AvgIpc) is 2.57. The molecule has 2 rings (SSSR count). The molecule has 0 aliphatic carbocycles. The minimum atomic E-state index is 0.486. The third kappa shape index (κ3) is 1.65. The Morgan fingerprint density at radius 3 is 2.92 bits per heavy atom. The summed E-state index contributed by atoms with van der Waals surface area (Å²) in [6, 6.07) is 9.65. The van der Waals surface area contributed by atoms with Crippen LogP contribution >= 0.6 is 0 Å². The molecule has 0 aliphatic heterocycles. The fourth-order valence-corrected chi connectivity index (χ4v) is 1.19. The Morgan fingerprint density at radius 2 is 2.15 bits per heavy atom. The number of rotatable bonds is 3. The highest BCUT2D eigenvalue weighted by atomic mass is 16.6. The van der Waals surface area contributed by atoms with Crippen molar-refractivity contribution < 1.29 is 9.15 Å². The van der Waals surface area contributed by atoms with E-state index in [9.17, 15) is 0 Å². The maximum absolute atomic E-state index is 5.39. The molecule has 0 saturated carbocycles. The fraction of sp³-hybridized carbons (Fsp3) is 0.200. The number of fused-ring (bicyclic) bond motifs is 1. The molecule has 0 aliphatic rings. The quantitative estimate of drug-likeness (QED) is 0.777. The number of hydrogen-bond acceptors (Lipinski definition) is 3. The zero-order chi connectivity index (χ0) is 9.10. The van der Waals surface area contributed by atoms with E-state index in [0.717, 1.165) is 11.0 Å². The molecule has 3 heteroatoms. The van der Waals surface area contributed by atoms with Gasteiger partial charge in [-0.2, -0.15) is 0 Å². The SMILES string of the molecule is NCCOc1cc2ccccc2o1. The first-order valence-electron chi connectivity index (χ1n) is 4.21. The van der Waals surface area contributed by atoms with Gasteiger partial charge in [-0.3, -0.25) is 0 Å². The first-order chi connectivity index (χ1) is 6.40. The van der Waals surface area contributed by atoms with E-state index in [0.29, 0.717) is 19.1 Å². The van der Waals surface area contributed by atoms with Crippen LogP contribution in [0.1, 0.15) is 0 Å². The summed E-state index contributed by atoms with van der Waals surface area (Å²) in [6.45, 7) is 0.983. The van der Waals surface area contributed by atoms with Crippen LogP contribution in [0.25, 0.3) is 11.0 Å². The van der Waals surface area contributed by atoms with E-state index in [1.165, 1.54) is 0 Å². The summed E-state index contributed by atoms with van der Waals surface area (Å²) in [6.07, 6.45) is 0. The van der Waals surface area contributed by atoms with Crippen molar-refractivity contribution >= 4 is 11.0 Å². The second-order valence-corrected chi connectivity index (χ2v) is 2.74. The second-order valence-electron chi connectivity index (χ2n) is 2.74. The van der Waals surface area contributed by atoms with Gasteiger partial charge < -0.3 is 14.9 Å². The van der Waals surface area contributed by atoms with E-state index in [4.69, 9.17) is 14.9 Å². The van der Waals surface area contributed by atoms with Crippen LogP contribution < -0.4 is 10.5 Å². The maximum Gasteiger partial charge on any atom is 0.285 e. The van der Waals surface area contributed by atoms with Crippen LogP contribution in [0.2, 0.25) is 0 Å². The Bertz CT molecular complexity index is 361. The number of ether oxygens (including phenoxy) is 1. The molecule has 1 aromatic heterocycles. The Hall–Kier alpha value is -1.48. The summed E-state index contributed by atoms with van der Waals surface area (Å²) < 4.78 is 10.6. The number of benzene rings is 1. The van der Waals surface area contributed by atoms with Crippen molar-refractivity contribution in [2.45, 2.75) is 0 Å². The standard InChI is InChI=1S/C10H11NO2/c11-5-6-12-10-7-8-3-1-2-4-9(8)13-10/h1-4,7H,5-6,11H2. The van der Waals surface area contributed by atoms with Crippen LogP contribution in [0.5, 0.6) is 5.95 Å². The summed E-state index contributed by atoms with van der Waals surface area (Å²) in [5.74, 6) is 0.534. The third-order valence-corrected chi connectivity index (χ3v) is 1.77. The molecule has 0 fully saturated rings. The van der Waals surface area contributed by atoms with Crippen LogP contribution in [0.15, 0.2) is 34.7 Å². The van der Waals surface area contributed by atoms with E-state index >= 15 is 0 Å². The molecule has 0 radical (unpaired) electrons. The molecule has 3 nitrogen and oxygen atoms in total. The van der Waals surface area contributed by atoms with Gasteiger partial charge in [-0.25, -0.2) is 0 Å². The topological polar surface area (TPSA) is 48.4 Å². The fourth-order valence-electron chi connectivity index (χ4n) is 1.19. The lowest BCUT2D eigenvalue weighted by Gasteiger charge is -1.96. The third-order valence-electron chi connectivity index (χ3n) is 1.77. The highest BCUT2D eigenvalue weighted by molar-refractivity contribution is 5.78. The van der Waals surface area contributed by atoms with Crippen molar-refractivity contribution in [3.63, 3.8) is 0 Å². The molecular weight excluding hydrogens is 166 g/mol. The van der Waals surface area contributed by atoms with Crippen molar-refractivity contribution in [1.29, 1.82) is 0 Å². The Labute approximate surface area is 76.1 Å². The van der Waals surface area contributed by atoms with Gasteiger partial charge >= 0.3 is 0 Å². The molecule has 2 N–H and O–H groups in total. The van der Waals surface area contributed by atoms with Gasteiger partial charge in [0.15, 0.2) is 0 Å². The maximum atomic E-state index is 5.39. The molecule has 2 aromatic rings. The predicted octanol–water partition coefficient (Wildman–Crippen LogP) is 1.77. The zero-order valence-electron chi connectivity index (χ0n) is 7.19. The largest absolute Gasteiger partial charge is 0.464 e. The molecule has 0 unspecified atom stereocenters. The van der Waals surface area contributed by atoms with E-state index in [2.05, 4.69) is 0 Å². The average molecular weight is 177 g/mol. The van der Waals surface area contributed by atoms with E-state index < -0.39 is 0 Å². The van der Waals surface area contributed by atoms with E-state index in [1.54, 1.807) is 0 Å². The molecule has 0 atom stereocenters. The van der Waals surface area contributed by atoms with Gasteiger partial charge in [-0.1, -0.05) is 18.2 Å². The highest BCUT2D eigenvalue weighted by Gasteiger charge is 2.01. The number of nitrogens with two attached hydrogens (primary N) is 1. The van der Waals surface area contributed by atoms with E-state index in [-0.39, 0.29) is 0 Å². The molecular formula is C10H11NO2. The van der Waals surface area contributed by atoms with Gasteiger partial charge in [0.1, 0.15) is 12.2 Å². The zero-order valence-corrected chi connectivity index (χ0v) is 7.19. The van der Waals surface area contributed by atoms with Crippen molar-refractivity contribution in [2.24, 2.45) is 5.73 Å². The minimum absolute atomic E-state index is 0.486. The Kier molecular flexibility index (Phi) is 2.19. The van der Waals surface area contributed by atoms with E-state index in [1.807, 2.05) is 30.3 Å². The highest BCUT2D eigenvalue weighted by Crippen LogP contribution is 2.23. The molecule has 0 spiro atoms. The molecule has 68 valence electrons. The van der Waals surface area contributed by atoms with Gasteiger partial charge in [-0.05, 0) is 6.07 Å². The predicted molar refractivity (Wildman–Crippen MR) is 50.8 cm³/mol. The first kappa shape index (κ1) is 8.13. The van der Waals surface area contributed by atoms with Crippen LogP contribution in [-0.4, -0.2) is 13.2 Å². The van der Waals surface area contributed by atoms with Crippen molar-refractivity contribution in [2.75, 3.05) is 13.2 Å². The molecule has 0 saturated heterocycles. The molecule has 1 aromatic carbocycles.